The van der Waals surface area contributed by atoms with Gasteiger partial charge in [0.1, 0.15) is 24.5 Å². The molecule has 35 heavy (non-hydrogen) atoms. The Kier molecular flexibility index (Phi) is 9.73. The number of carbonyl (C=O) groups excluding carboxylic acids is 1. The molecule has 0 radical (unpaired) electrons. The number of rotatable bonds is 12. The van der Waals surface area contributed by atoms with E-state index < -0.39 is 0 Å². The number of nitrogens with one attached hydrogen (secondary N) is 1. The molecular weight excluding hydrogens is 507 g/mol. The normalized spacial score (nSPS) is 10.9. The Morgan fingerprint density at radius 3 is 2.54 bits per heavy atom. The molecule has 1 aromatic carbocycles. The lowest BCUT2D eigenvalue weighted by molar-refractivity contribution is -0.107. The van der Waals surface area contributed by atoms with Crippen LogP contribution in [-0.2, 0) is 11.4 Å². The lowest BCUT2D eigenvalue weighted by Crippen LogP contribution is -2.30. The number of nitrogens with two attached hydrogens (primary N) is 1. The molecule has 0 fully saturated rings. The van der Waals surface area contributed by atoms with Gasteiger partial charge in [-0.3, -0.25) is 10.4 Å². The first-order chi connectivity index (χ1) is 16.8. The molecule has 11 heteroatoms. The van der Waals surface area contributed by atoms with E-state index in [1.807, 2.05) is 34.6 Å². The third-order valence-electron chi connectivity index (χ3n) is 5.28. The Hall–Kier alpha value is -2.85. The highest BCUT2D eigenvalue weighted by Crippen LogP contribution is 2.27. The van der Waals surface area contributed by atoms with Crippen LogP contribution in [0.4, 0.5) is 11.5 Å². The van der Waals surface area contributed by atoms with E-state index >= 15 is 0 Å². The second kappa shape index (κ2) is 12.7. The maximum atomic E-state index is 10.7. The van der Waals surface area contributed by atoms with Gasteiger partial charge < -0.3 is 20.2 Å². The van der Waals surface area contributed by atoms with Crippen LogP contribution >= 0.6 is 35.1 Å². The quantitative estimate of drug-likeness (QED) is 0.151. The SMILES string of the molecule is CSN(CC=O)CCN(C)c1ccc(C(=N)c2cc(OCc3c(Cl)cncc3Cl)ccc2N)cn1. The van der Waals surface area contributed by atoms with Crippen LogP contribution in [0.3, 0.4) is 0 Å². The van der Waals surface area contributed by atoms with Gasteiger partial charge in [-0.25, -0.2) is 9.29 Å². The average Bonchev–Trinajstić information content (AvgIpc) is 2.86. The summed E-state index contributed by atoms with van der Waals surface area (Å²) < 4.78 is 7.83. The summed E-state index contributed by atoms with van der Waals surface area (Å²) in [6.07, 6.45) is 7.50. The first kappa shape index (κ1) is 26.7. The first-order valence-electron chi connectivity index (χ1n) is 10.6. The minimum atomic E-state index is 0.153. The number of aromatic nitrogens is 2. The molecule has 0 spiro atoms. The molecule has 0 unspecified atom stereocenters. The van der Waals surface area contributed by atoms with Crippen LogP contribution < -0.4 is 15.4 Å². The third kappa shape index (κ3) is 7.08. The van der Waals surface area contributed by atoms with E-state index in [1.54, 1.807) is 24.4 Å². The lowest BCUT2D eigenvalue weighted by Gasteiger charge is -2.22. The molecule has 0 saturated heterocycles. The predicted octanol–water partition coefficient (Wildman–Crippen LogP) is 4.58. The van der Waals surface area contributed by atoms with E-state index in [2.05, 4.69) is 9.97 Å². The molecule has 3 rings (SSSR count). The van der Waals surface area contributed by atoms with E-state index in [0.29, 0.717) is 51.3 Å². The molecule has 184 valence electrons. The van der Waals surface area contributed by atoms with Crippen LogP contribution in [0.25, 0.3) is 0 Å². The molecule has 2 aromatic heterocycles. The van der Waals surface area contributed by atoms with E-state index in [4.69, 9.17) is 39.1 Å². The Labute approximate surface area is 219 Å². The number of carbonyl (C=O) groups is 1. The monoisotopic (exact) mass is 532 g/mol. The van der Waals surface area contributed by atoms with Crippen LogP contribution in [0.2, 0.25) is 10.0 Å². The smallest absolute Gasteiger partial charge is 0.134 e. The maximum Gasteiger partial charge on any atom is 0.134 e. The summed E-state index contributed by atoms with van der Waals surface area (Å²) in [4.78, 5) is 21.2. The van der Waals surface area contributed by atoms with Crippen molar-refractivity contribution < 1.29 is 9.53 Å². The Balaban J connectivity index is 1.69. The largest absolute Gasteiger partial charge is 0.489 e. The number of pyridine rings is 2. The summed E-state index contributed by atoms with van der Waals surface area (Å²) in [7, 11) is 1.94. The maximum absolute atomic E-state index is 10.7. The fourth-order valence-corrected chi connectivity index (χ4v) is 4.15. The van der Waals surface area contributed by atoms with Crippen LogP contribution in [0, 0.1) is 5.41 Å². The second-order valence-corrected chi connectivity index (χ2v) is 9.25. The minimum absolute atomic E-state index is 0.153. The topological polar surface area (TPSA) is 108 Å². The van der Waals surface area contributed by atoms with Crippen molar-refractivity contribution in [1.29, 1.82) is 5.41 Å². The van der Waals surface area contributed by atoms with Gasteiger partial charge in [0.05, 0.1) is 22.3 Å². The molecule has 3 aromatic rings. The summed E-state index contributed by atoms with van der Waals surface area (Å²) in [5.41, 5.74) is 8.63. The van der Waals surface area contributed by atoms with Crippen LogP contribution in [0.1, 0.15) is 16.7 Å². The lowest BCUT2D eigenvalue weighted by atomic mass is 10.0. The number of aldehydes is 1. The standard InChI is InChI=1S/C24H26Cl2N6O2S/c1-31(7-8-32(35-2)9-10-33)23-6-3-16(12-30-23)24(28)18-11-17(4-5-22(18)27)34-15-19-20(25)13-29-14-21(19)26/h3-6,10-14,28H,7-9,15,27H2,1-2H3. The molecule has 0 aliphatic heterocycles. The molecule has 0 saturated carbocycles. The van der Waals surface area contributed by atoms with E-state index in [1.165, 1.54) is 24.3 Å². The van der Waals surface area contributed by atoms with E-state index in [9.17, 15) is 4.79 Å². The Morgan fingerprint density at radius 2 is 1.91 bits per heavy atom. The van der Waals surface area contributed by atoms with Crippen molar-refractivity contribution in [2.45, 2.75) is 6.61 Å². The number of halogens is 2. The van der Waals surface area contributed by atoms with Gasteiger partial charge in [-0.2, -0.15) is 0 Å². The molecule has 0 atom stereocenters. The zero-order valence-electron chi connectivity index (χ0n) is 19.4. The van der Waals surface area contributed by atoms with Crippen molar-refractivity contribution in [3.8, 4) is 5.75 Å². The molecule has 3 N–H and O–H groups in total. The van der Waals surface area contributed by atoms with Crippen LogP contribution in [-0.4, -0.2) is 59.2 Å². The van der Waals surface area contributed by atoms with Crippen molar-refractivity contribution >= 4 is 58.7 Å². The zero-order chi connectivity index (χ0) is 25.4. The zero-order valence-corrected chi connectivity index (χ0v) is 21.7. The van der Waals surface area contributed by atoms with Gasteiger partial charge in [0, 0.05) is 61.1 Å². The summed E-state index contributed by atoms with van der Waals surface area (Å²) in [5.74, 6) is 1.30. The van der Waals surface area contributed by atoms with Gasteiger partial charge in [0.15, 0.2) is 0 Å². The molecule has 0 aliphatic rings. The average molecular weight is 533 g/mol. The Morgan fingerprint density at radius 1 is 1.17 bits per heavy atom. The van der Waals surface area contributed by atoms with Crippen LogP contribution in [0.15, 0.2) is 48.9 Å². The summed E-state index contributed by atoms with van der Waals surface area (Å²) >= 11 is 13.9. The highest BCUT2D eigenvalue weighted by Gasteiger charge is 2.13. The van der Waals surface area contributed by atoms with Crippen molar-refractivity contribution in [2.24, 2.45) is 0 Å². The van der Waals surface area contributed by atoms with Gasteiger partial charge in [-0.05, 0) is 36.6 Å². The molecule has 0 bridgehead atoms. The summed E-state index contributed by atoms with van der Waals surface area (Å²) in [6, 6.07) is 8.83. The number of anilines is 2. The van der Waals surface area contributed by atoms with Crippen molar-refractivity contribution in [1.82, 2.24) is 14.3 Å². The van der Waals surface area contributed by atoms with E-state index in [0.717, 1.165) is 18.6 Å². The molecule has 0 aliphatic carbocycles. The number of nitrogen functional groups attached to an aromatic ring is 1. The predicted molar refractivity (Wildman–Crippen MR) is 144 cm³/mol. The summed E-state index contributed by atoms with van der Waals surface area (Å²) in [6.45, 7) is 1.96. The number of nitrogens with zero attached hydrogens (tertiary/aromatic N) is 4. The van der Waals surface area contributed by atoms with Gasteiger partial charge in [0.2, 0.25) is 0 Å². The number of hydrogen-bond acceptors (Lipinski definition) is 9. The molecular formula is C24H26Cl2N6O2S. The summed E-state index contributed by atoms with van der Waals surface area (Å²) in [5, 5.41) is 9.51. The molecule has 8 nitrogen and oxygen atoms in total. The van der Waals surface area contributed by atoms with Crippen molar-refractivity contribution in [2.75, 3.05) is 43.6 Å². The van der Waals surface area contributed by atoms with Gasteiger partial charge in [-0.1, -0.05) is 35.1 Å². The minimum Gasteiger partial charge on any atom is -0.489 e. The number of hydrogen-bond donors (Lipinski definition) is 2. The number of ether oxygens (including phenoxy) is 1. The molecule has 0 amide bonds. The molecule has 2 heterocycles. The third-order valence-corrected chi connectivity index (χ3v) is 6.78. The fourth-order valence-electron chi connectivity index (χ4n) is 3.20. The van der Waals surface area contributed by atoms with Crippen molar-refractivity contribution in [3.05, 3.63) is 75.7 Å². The number of likely N-dealkylation sites (N-methyl/N-ethyl adjacent to an activating group) is 1. The van der Waals surface area contributed by atoms with Crippen molar-refractivity contribution in [3.63, 3.8) is 0 Å². The van der Waals surface area contributed by atoms with Crippen LogP contribution in [0.5, 0.6) is 5.75 Å². The van der Waals surface area contributed by atoms with Gasteiger partial charge in [0.25, 0.3) is 0 Å². The highest BCUT2D eigenvalue weighted by atomic mass is 35.5. The second-order valence-electron chi connectivity index (χ2n) is 7.56. The van der Waals surface area contributed by atoms with E-state index in [-0.39, 0.29) is 12.3 Å². The number of benzene rings is 1. The van der Waals surface area contributed by atoms with Gasteiger partial charge in [-0.15, -0.1) is 0 Å². The first-order valence-corrected chi connectivity index (χ1v) is 12.6. The highest BCUT2D eigenvalue weighted by molar-refractivity contribution is 7.96. The van der Waals surface area contributed by atoms with Gasteiger partial charge >= 0.3 is 0 Å². The Bertz CT molecular complexity index is 1160. The fraction of sp³-hybridized carbons (Fsp3) is 0.250.